The minimum atomic E-state index is -1.74. The molecule has 18 amide bonds. The van der Waals surface area contributed by atoms with Gasteiger partial charge in [0.25, 0.3) is 0 Å². The second-order valence-corrected chi connectivity index (χ2v) is 35.9. The number of hydrogen-bond acceptors (Lipinski definition) is 23. The molecule has 0 spiro atoms. The van der Waals surface area contributed by atoms with Gasteiger partial charge >= 0.3 is 0 Å². The van der Waals surface area contributed by atoms with Gasteiger partial charge < -0.3 is 120 Å². The molecule has 6 saturated heterocycles. The van der Waals surface area contributed by atoms with E-state index < -0.39 is 228 Å². The lowest BCUT2D eigenvalue weighted by Gasteiger charge is -2.33. The van der Waals surface area contributed by atoms with E-state index in [2.05, 4.69) is 89.1 Å². The molecule has 6 aliphatic heterocycles. The summed E-state index contributed by atoms with van der Waals surface area (Å²) in [4.78, 5) is 272. The maximum absolute atomic E-state index is 14.8. The second kappa shape index (κ2) is 47.5. The molecule has 0 unspecified atom stereocenters. The van der Waals surface area contributed by atoms with Gasteiger partial charge in [0.2, 0.25) is 106 Å². The van der Waals surface area contributed by atoms with Gasteiger partial charge in [-0.25, -0.2) is 9.97 Å². The molecule has 8 rings (SSSR count). The van der Waals surface area contributed by atoms with Crippen molar-refractivity contribution in [3.8, 4) is 0 Å². The molecule has 18 atom stereocenters. The van der Waals surface area contributed by atoms with E-state index in [9.17, 15) is 96.5 Å². The monoisotopic (exact) mass is 1780 g/mol. The van der Waals surface area contributed by atoms with Crippen LogP contribution in [0.25, 0.3) is 0 Å². The number of likely N-dealkylation sites (tertiary alicyclic amines) is 5. The Morgan fingerprint density at radius 1 is 0.378 bits per heavy atom. The Morgan fingerprint density at radius 3 is 1.04 bits per heavy atom. The van der Waals surface area contributed by atoms with Crippen LogP contribution in [-0.4, -0.2) is 322 Å². The first-order chi connectivity index (χ1) is 60.1. The standard InChI is InChI=1S/C84H133N23O20/c1-43(2)31-56(80(123)103-26-14-20-60(103)69(85)112)97-70(113)47(9)93-76(119)62-22-16-27-104(62)81(124)59(34-46(7)8)100-74(117)55(36-52-38-87-42-92-52)96-79(122)68(50(12)109)102-66(111)40-90-75(118)61-21-15-29-106(61)84(127)64-24-18-30-107(64)83(126)57(32-44(3)4)98-71(114)48(10)94-77(120)63-23-17-28-105(63)82(125)58(33-45(5)6)99-73(116)54(35-51-37-86-41-91-51)95-78(121)67(49(11)108)101-65(110)39-89-72(115)53-19-13-25-88-53/h37-38,41-50,53-64,67-68,88,108-109H,13-36,39-40H2,1-12H3,(H2,85,112)(H,86,91)(H,87,92)(H,89,115)(H,90,118)(H,93,119)(H,94,120)(H,95,121)(H,96,122)(H,97,113)(H,98,114)(H,99,116)(H,100,117)(H,101,110)(H,102,111)/t47-,48-,49+,50+,53-,54-,55-,56-,57-,58-,59-,60-,61-,62-,63-,64-,67-,68-/m0/s1. The van der Waals surface area contributed by atoms with Crippen LogP contribution in [-0.2, 0) is 99.1 Å². The maximum Gasteiger partial charge on any atom is 0.246 e. The lowest BCUT2D eigenvalue weighted by molar-refractivity contribution is -0.148. The van der Waals surface area contributed by atoms with Crippen molar-refractivity contribution < 1.29 is 96.5 Å². The second-order valence-electron chi connectivity index (χ2n) is 35.9. The number of carbonyl (C=O) groups excluding carboxylic acids is 18. The number of carbonyl (C=O) groups is 18. The summed E-state index contributed by atoms with van der Waals surface area (Å²) in [5.74, 6) is -13.6. The number of nitrogens with one attached hydrogen (secondary N) is 15. The number of amides is 18. The number of H-pyrrole nitrogens is 2. The number of imidazole rings is 2. The molecule has 2 aromatic heterocycles. The highest BCUT2D eigenvalue weighted by Crippen LogP contribution is 2.29. The van der Waals surface area contributed by atoms with Crippen molar-refractivity contribution >= 4 is 106 Å². The van der Waals surface area contributed by atoms with Gasteiger partial charge in [-0.05, 0) is 161 Å². The highest BCUT2D eigenvalue weighted by Gasteiger charge is 2.48. The van der Waals surface area contributed by atoms with E-state index in [0.717, 1.165) is 6.42 Å². The SMILES string of the molecule is CC(C)C[C@H](NC(=O)[C@H](C)NC(=O)[C@@H]1CCCN1C(=O)[C@H](CC(C)C)NC(=O)[C@H](Cc1cnc[nH]1)NC(=O)[C@@H](NC(=O)CNC(=O)[C@@H]1CCCN1C(=O)[C@@H]1CCCN1C(=O)[C@H](CC(C)C)NC(=O)[C@H](C)NC(=O)[C@@H]1CCCN1C(=O)[C@H](CC(C)C)NC(=O)[C@H](Cc1cnc[nH]1)NC(=O)[C@@H](NC(=O)CNC(=O)[C@@H]1CCCN1)[C@@H](C)O)[C@@H](C)O)C(=O)N1CCC[C@H]1C(N)=O. The van der Waals surface area contributed by atoms with Crippen molar-refractivity contribution in [2.45, 2.75) is 308 Å². The van der Waals surface area contributed by atoms with Crippen molar-refractivity contribution in [1.29, 1.82) is 0 Å². The number of aromatic nitrogens is 4. The van der Waals surface area contributed by atoms with Gasteiger partial charge in [-0.2, -0.15) is 0 Å². The Hall–Kier alpha value is -11.2. The van der Waals surface area contributed by atoms with Gasteiger partial charge in [-0.1, -0.05) is 55.4 Å². The molecular formula is C84H133N23O20. The number of nitrogens with two attached hydrogens (primary N) is 1. The third-order valence-corrected chi connectivity index (χ3v) is 23.6. The van der Waals surface area contributed by atoms with E-state index >= 15 is 0 Å². The number of aliphatic hydroxyl groups excluding tert-OH is 2. The molecule has 127 heavy (non-hydrogen) atoms. The van der Waals surface area contributed by atoms with E-state index in [1.807, 2.05) is 55.4 Å². The third-order valence-electron chi connectivity index (χ3n) is 23.6. The van der Waals surface area contributed by atoms with Gasteiger partial charge in [0.1, 0.15) is 90.6 Å². The minimum absolute atomic E-state index is 0.0524. The van der Waals surface area contributed by atoms with Crippen LogP contribution in [0.3, 0.4) is 0 Å². The zero-order chi connectivity index (χ0) is 93.4. The molecule has 8 heterocycles. The molecule has 6 aliphatic rings. The van der Waals surface area contributed by atoms with Crippen LogP contribution in [0.1, 0.15) is 197 Å². The average Bonchev–Trinajstić information content (AvgIpc) is 1.67. The smallest absolute Gasteiger partial charge is 0.246 e. The zero-order valence-corrected chi connectivity index (χ0v) is 74.8. The van der Waals surface area contributed by atoms with Crippen LogP contribution in [0.5, 0.6) is 0 Å². The third kappa shape index (κ3) is 28.6. The maximum atomic E-state index is 14.8. The largest absolute Gasteiger partial charge is 0.391 e. The van der Waals surface area contributed by atoms with E-state index in [1.54, 1.807) is 0 Å². The summed E-state index contributed by atoms with van der Waals surface area (Å²) in [5, 5.41) is 56.2. The van der Waals surface area contributed by atoms with E-state index in [-0.39, 0.29) is 121 Å². The van der Waals surface area contributed by atoms with Crippen LogP contribution >= 0.6 is 0 Å². The Kier molecular flexibility index (Phi) is 37.9. The van der Waals surface area contributed by atoms with Gasteiger partial charge in [-0.15, -0.1) is 0 Å². The molecule has 43 heteroatoms. The Bertz CT molecular complexity index is 4190. The van der Waals surface area contributed by atoms with Crippen LogP contribution in [0.2, 0.25) is 0 Å². The van der Waals surface area contributed by atoms with Crippen molar-refractivity contribution in [3.63, 3.8) is 0 Å². The predicted octanol–water partition coefficient (Wildman–Crippen LogP) is -4.82. The molecule has 0 radical (unpaired) electrons. The van der Waals surface area contributed by atoms with Crippen LogP contribution < -0.4 is 74.9 Å². The fraction of sp³-hybridized carbons (Fsp3) is 0.714. The molecule has 0 aliphatic carbocycles. The highest BCUT2D eigenvalue weighted by molar-refractivity contribution is 6.02. The summed E-state index contributed by atoms with van der Waals surface area (Å²) in [5.41, 5.74) is 6.36. The van der Waals surface area contributed by atoms with Crippen molar-refractivity contribution in [1.82, 2.24) is 114 Å². The van der Waals surface area contributed by atoms with Crippen LogP contribution in [0, 0.1) is 23.7 Å². The van der Waals surface area contributed by atoms with Crippen LogP contribution in [0.4, 0.5) is 0 Å². The number of rotatable bonds is 44. The Balaban J connectivity index is 0.840. The van der Waals surface area contributed by atoms with Gasteiger partial charge in [-0.3, -0.25) is 86.3 Å². The Morgan fingerprint density at radius 2 is 0.701 bits per heavy atom. The van der Waals surface area contributed by atoms with Crippen molar-refractivity contribution in [3.05, 3.63) is 36.4 Å². The van der Waals surface area contributed by atoms with Gasteiger partial charge in [0, 0.05) is 69.3 Å². The fourth-order valence-electron chi connectivity index (χ4n) is 17.1. The average molecular weight is 1790 g/mol. The fourth-order valence-corrected chi connectivity index (χ4v) is 17.1. The minimum Gasteiger partial charge on any atom is -0.391 e. The van der Waals surface area contributed by atoms with E-state index in [1.165, 1.54) is 77.2 Å². The first-order valence-corrected chi connectivity index (χ1v) is 44.6. The molecule has 704 valence electrons. The number of hydrogen-bond donors (Lipinski definition) is 18. The first-order valence-electron chi connectivity index (χ1n) is 44.6. The first kappa shape index (κ1) is 101. The summed E-state index contributed by atoms with van der Waals surface area (Å²) in [6, 6.07) is -19.2. The molecular weight excluding hydrogens is 1650 g/mol. The number of nitrogens with zero attached hydrogens (tertiary/aromatic N) is 7. The number of aromatic amines is 2. The molecule has 0 aromatic carbocycles. The molecule has 6 fully saturated rings. The van der Waals surface area contributed by atoms with Crippen LogP contribution in [0.15, 0.2) is 25.0 Å². The van der Waals surface area contributed by atoms with Crippen molar-refractivity contribution in [2.24, 2.45) is 29.4 Å². The lowest BCUT2D eigenvalue weighted by Crippen LogP contribution is -2.61. The summed E-state index contributed by atoms with van der Waals surface area (Å²) in [6.45, 7) is 20.0. The summed E-state index contributed by atoms with van der Waals surface area (Å²) in [7, 11) is 0. The molecule has 19 N–H and O–H groups in total. The lowest BCUT2D eigenvalue weighted by atomic mass is 10.0. The van der Waals surface area contributed by atoms with Crippen molar-refractivity contribution in [2.75, 3.05) is 52.4 Å². The quantitative estimate of drug-likeness (QED) is 0.0296. The van der Waals surface area contributed by atoms with Gasteiger partial charge in [0.05, 0.1) is 44.0 Å². The summed E-state index contributed by atoms with van der Waals surface area (Å²) >= 11 is 0. The number of aliphatic hydroxyl groups is 2. The molecule has 0 bridgehead atoms. The molecule has 0 saturated carbocycles. The molecule has 2 aromatic rings. The van der Waals surface area contributed by atoms with E-state index in [0.29, 0.717) is 62.9 Å². The summed E-state index contributed by atoms with van der Waals surface area (Å²) < 4.78 is 0. The topological polar surface area (TPSA) is 604 Å². The van der Waals surface area contributed by atoms with E-state index in [4.69, 9.17) is 5.73 Å². The zero-order valence-electron chi connectivity index (χ0n) is 74.8. The predicted molar refractivity (Wildman–Crippen MR) is 456 cm³/mol. The highest BCUT2D eigenvalue weighted by atomic mass is 16.3. The summed E-state index contributed by atoms with van der Waals surface area (Å²) in [6.07, 6.45) is 7.01. The normalized spacial score (nSPS) is 21.5. The number of primary amides is 1. The van der Waals surface area contributed by atoms with Gasteiger partial charge in [0.15, 0.2) is 0 Å². The molecule has 43 nitrogen and oxygen atoms in total. The Labute approximate surface area is 739 Å².